The van der Waals surface area contributed by atoms with Gasteiger partial charge in [-0.1, -0.05) is 0 Å². The maximum Gasteiger partial charge on any atom is 0.416 e. The van der Waals surface area contributed by atoms with Crippen LogP contribution in [-0.2, 0) is 6.18 Å². The first-order chi connectivity index (χ1) is 12.7. The van der Waals surface area contributed by atoms with Crippen molar-refractivity contribution in [1.29, 1.82) is 0 Å². The van der Waals surface area contributed by atoms with E-state index in [0.717, 1.165) is 12.1 Å². The Kier molecular flexibility index (Phi) is 5.11. The van der Waals surface area contributed by atoms with Crippen LogP contribution in [0.2, 0.25) is 0 Å². The van der Waals surface area contributed by atoms with Gasteiger partial charge in [0, 0.05) is 24.7 Å². The first-order valence-corrected chi connectivity index (χ1v) is 8.22. The summed E-state index contributed by atoms with van der Waals surface area (Å²) in [6.45, 7) is 2.36. The molecule has 1 fully saturated rings. The standard InChI is InChI=1S/C18H17F3N2O4/c1-11-8-15(9-16(24)26-11)27-14-6-7-23(10-14)17(25)22-13-4-2-12(3-5-13)18(19,20)21/h2-5,8-9,14H,6-7,10H2,1H3,(H,22,25). The molecule has 1 atom stereocenters. The molecule has 0 spiro atoms. The monoisotopic (exact) mass is 382 g/mol. The topological polar surface area (TPSA) is 71.8 Å². The third-order valence-corrected chi connectivity index (χ3v) is 4.07. The minimum atomic E-state index is -4.42. The molecule has 3 rings (SSSR count). The van der Waals surface area contributed by atoms with Crippen molar-refractivity contribution in [2.45, 2.75) is 25.6 Å². The third-order valence-electron chi connectivity index (χ3n) is 4.07. The van der Waals surface area contributed by atoms with Gasteiger partial charge in [-0.2, -0.15) is 13.2 Å². The number of benzene rings is 1. The number of nitrogens with one attached hydrogen (secondary N) is 1. The van der Waals surface area contributed by atoms with Crippen LogP contribution in [0.25, 0.3) is 0 Å². The zero-order valence-corrected chi connectivity index (χ0v) is 14.4. The zero-order chi connectivity index (χ0) is 19.6. The lowest BCUT2D eigenvalue weighted by Crippen LogP contribution is -2.34. The number of rotatable bonds is 3. The minimum Gasteiger partial charge on any atom is -0.488 e. The van der Waals surface area contributed by atoms with Crippen molar-refractivity contribution in [3.05, 3.63) is 58.1 Å². The molecule has 0 aliphatic carbocycles. The Morgan fingerprint density at radius 2 is 1.96 bits per heavy atom. The Labute approximate surface area is 152 Å². The van der Waals surface area contributed by atoms with Crippen molar-refractivity contribution in [2.75, 3.05) is 18.4 Å². The Morgan fingerprint density at radius 1 is 1.26 bits per heavy atom. The average molecular weight is 382 g/mol. The zero-order valence-electron chi connectivity index (χ0n) is 14.4. The van der Waals surface area contributed by atoms with E-state index in [1.165, 1.54) is 23.1 Å². The van der Waals surface area contributed by atoms with E-state index in [4.69, 9.17) is 9.15 Å². The molecule has 2 amide bonds. The van der Waals surface area contributed by atoms with Gasteiger partial charge in [0.2, 0.25) is 0 Å². The van der Waals surface area contributed by atoms with Crippen LogP contribution in [-0.4, -0.2) is 30.1 Å². The lowest BCUT2D eigenvalue weighted by molar-refractivity contribution is -0.137. The molecule has 1 aromatic carbocycles. The number of amides is 2. The molecule has 9 heteroatoms. The van der Waals surface area contributed by atoms with E-state index in [0.29, 0.717) is 31.0 Å². The molecular formula is C18H17F3N2O4. The first-order valence-electron chi connectivity index (χ1n) is 8.22. The van der Waals surface area contributed by atoms with Crippen LogP contribution in [0.3, 0.4) is 0 Å². The molecule has 1 aliphatic rings. The second kappa shape index (κ2) is 7.34. The normalized spacial score (nSPS) is 17.0. The summed E-state index contributed by atoms with van der Waals surface area (Å²) in [5.74, 6) is 0.797. The fraction of sp³-hybridized carbons (Fsp3) is 0.333. The van der Waals surface area contributed by atoms with Gasteiger partial charge in [-0.05, 0) is 31.2 Å². The van der Waals surface area contributed by atoms with Gasteiger partial charge in [-0.25, -0.2) is 9.59 Å². The van der Waals surface area contributed by atoms with Crippen molar-refractivity contribution in [3.8, 4) is 5.75 Å². The summed E-state index contributed by atoms with van der Waals surface area (Å²) in [6.07, 6.45) is -4.14. The second-order valence-corrected chi connectivity index (χ2v) is 6.20. The van der Waals surface area contributed by atoms with Crippen LogP contribution in [0, 0.1) is 6.92 Å². The Bertz CT molecular complexity index is 877. The van der Waals surface area contributed by atoms with E-state index in [1.807, 2.05) is 0 Å². The SMILES string of the molecule is Cc1cc(OC2CCN(C(=O)Nc3ccc(C(F)(F)F)cc3)C2)cc(=O)o1. The largest absolute Gasteiger partial charge is 0.488 e. The Hall–Kier alpha value is -2.97. The summed E-state index contributed by atoms with van der Waals surface area (Å²) >= 11 is 0. The summed E-state index contributed by atoms with van der Waals surface area (Å²) in [7, 11) is 0. The van der Waals surface area contributed by atoms with Crippen LogP contribution in [0.4, 0.5) is 23.7 Å². The van der Waals surface area contributed by atoms with E-state index in [9.17, 15) is 22.8 Å². The van der Waals surface area contributed by atoms with E-state index in [2.05, 4.69) is 5.32 Å². The van der Waals surface area contributed by atoms with Crippen molar-refractivity contribution in [2.24, 2.45) is 0 Å². The quantitative estimate of drug-likeness (QED) is 0.880. The molecule has 27 heavy (non-hydrogen) atoms. The summed E-state index contributed by atoms with van der Waals surface area (Å²) < 4.78 is 48.3. The number of aryl methyl sites for hydroxylation is 1. The molecule has 2 heterocycles. The molecular weight excluding hydrogens is 365 g/mol. The maximum atomic E-state index is 12.6. The summed E-state index contributed by atoms with van der Waals surface area (Å²) in [6, 6.07) is 6.63. The smallest absolute Gasteiger partial charge is 0.416 e. The lowest BCUT2D eigenvalue weighted by Gasteiger charge is -2.18. The molecule has 2 aromatic rings. The van der Waals surface area contributed by atoms with Crippen LogP contribution >= 0.6 is 0 Å². The number of urea groups is 1. The molecule has 0 saturated carbocycles. The lowest BCUT2D eigenvalue weighted by atomic mass is 10.2. The van der Waals surface area contributed by atoms with Gasteiger partial charge in [-0.3, -0.25) is 0 Å². The fourth-order valence-electron chi connectivity index (χ4n) is 2.79. The third kappa shape index (κ3) is 4.81. The number of ether oxygens (including phenoxy) is 1. The van der Waals surface area contributed by atoms with Crippen molar-refractivity contribution >= 4 is 11.7 Å². The fourth-order valence-corrected chi connectivity index (χ4v) is 2.79. The van der Waals surface area contributed by atoms with E-state index in [-0.39, 0.29) is 11.8 Å². The van der Waals surface area contributed by atoms with Gasteiger partial charge in [-0.15, -0.1) is 0 Å². The number of nitrogens with zero attached hydrogens (tertiary/aromatic N) is 1. The molecule has 0 bridgehead atoms. The molecule has 0 radical (unpaired) electrons. The number of hydrogen-bond donors (Lipinski definition) is 1. The number of halogens is 3. The summed E-state index contributed by atoms with van der Waals surface area (Å²) in [5, 5.41) is 2.56. The van der Waals surface area contributed by atoms with Gasteiger partial charge in [0.1, 0.15) is 17.6 Å². The predicted octanol–water partition coefficient (Wildman–Crippen LogP) is 3.65. The van der Waals surface area contributed by atoms with Crippen LogP contribution in [0.5, 0.6) is 5.75 Å². The minimum absolute atomic E-state index is 0.272. The predicted molar refractivity (Wildman–Crippen MR) is 90.8 cm³/mol. The highest BCUT2D eigenvalue weighted by Gasteiger charge is 2.31. The second-order valence-electron chi connectivity index (χ2n) is 6.20. The first kappa shape index (κ1) is 18.8. The molecule has 1 unspecified atom stereocenters. The molecule has 1 N–H and O–H groups in total. The molecule has 1 aliphatic heterocycles. The highest BCUT2D eigenvalue weighted by molar-refractivity contribution is 5.89. The number of likely N-dealkylation sites (tertiary alicyclic amines) is 1. The molecule has 1 aromatic heterocycles. The molecule has 144 valence electrons. The van der Waals surface area contributed by atoms with Gasteiger partial charge >= 0.3 is 17.8 Å². The van der Waals surface area contributed by atoms with Crippen molar-refractivity contribution in [1.82, 2.24) is 4.90 Å². The molecule has 6 nitrogen and oxygen atoms in total. The number of hydrogen-bond acceptors (Lipinski definition) is 4. The van der Waals surface area contributed by atoms with Crippen molar-refractivity contribution in [3.63, 3.8) is 0 Å². The van der Waals surface area contributed by atoms with E-state index < -0.39 is 23.4 Å². The van der Waals surface area contributed by atoms with Gasteiger partial charge < -0.3 is 19.4 Å². The highest BCUT2D eigenvalue weighted by atomic mass is 19.4. The van der Waals surface area contributed by atoms with Gasteiger partial charge in [0.15, 0.2) is 0 Å². The average Bonchev–Trinajstić information content (AvgIpc) is 3.02. The Morgan fingerprint density at radius 3 is 2.59 bits per heavy atom. The molecule has 1 saturated heterocycles. The van der Waals surface area contributed by atoms with Crippen molar-refractivity contribution < 1.29 is 27.1 Å². The Balaban J connectivity index is 1.56. The highest BCUT2D eigenvalue weighted by Crippen LogP contribution is 2.30. The number of alkyl halides is 3. The summed E-state index contributed by atoms with van der Waals surface area (Å²) in [5.41, 5.74) is -1.02. The number of carbonyl (C=O) groups excluding carboxylic acids is 1. The summed E-state index contributed by atoms with van der Waals surface area (Å²) in [4.78, 5) is 25.1. The van der Waals surface area contributed by atoms with Crippen LogP contribution < -0.4 is 15.7 Å². The van der Waals surface area contributed by atoms with Crippen LogP contribution in [0.1, 0.15) is 17.7 Å². The van der Waals surface area contributed by atoms with E-state index in [1.54, 1.807) is 13.0 Å². The van der Waals surface area contributed by atoms with Gasteiger partial charge in [0.05, 0.1) is 18.2 Å². The number of carbonyl (C=O) groups is 1. The van der Waals surface area contributed by atoms with Gasteiger partial charge in [0.25, 0.3) is 0 Å². The van der Waals surface area contributed by atoms with Crippen LogP contribution in [0.15, 0.2) is 45.6 Å². The van der Waals surface area contributed by atoms with E-state index >= 15 is 0 Å². The number of anilines is 1. The maximum absolute atomic E-state index is 12.6.